The number of rotatable bonds is 4. The zero-order chi connectivity index (χ0) is 14.9. The van der Waals surface area contributed by atoms with Gasteiger partial charge in [0.05, 0.1) is 0 Å². The first-order valence-corrected chi connectivity index (χ1v) is 7.16. The van der Waals surface area contributed by atoms with Crippen molar-refractivity contribution < 1.29 is 9.90 Å². The molecule has 1 heterocycles. The molecule has 0 saturated carbocycles. The third-order valence-electron chi connectivity index (χ3n) is 4.39. The van der Waals surface area contributed by atoms with Crippen molar-refractivity contribution in [3.05, 3.63) is 35.4 Å². The quantitative estimate of drug-likeness (QED) is 0.790. The molecule has 1 saturated heterocycles. The molecule has 4 heteroatoms. The van der Waals surface area contributed by atoms with E-state index in [9.17, 15) is 4.79 Å². The highest BCUT2D eigenvalue weighted by molar-refractivity contribution is 5.73. The second-order valence-corrected chi connectivity index (χ2v) is 6.47. The molecule has 2 unspecified atom stereocenters. The van der Waals surface area contributed by atoms with E-state index in [4.69, 9.17) is 5.11 Å². The molecule has 4 nitrogen and oxygen atoms in total. The maximum absolute atomic E-state index is 11.0. The SMILES string of the molecule is CC(C)c1ccc(C(C)(C)C2CC(C(=O)O)NN2)cc1. The molecule has 0 aliphatic carbocycles. The Bertz CT molecular complexity index is 480. The van der Waals surface area contributed by atoms with Gasteiger partial charge in [0, 0.05) is 11.5 Å². The summed E-state index contributed by atoms with van der Waals surface area (Å²) < 4.78 is 0. The number of aliphatic carboxylic acids is 1. The largest absolute Gasteiger partial charge is 0.480 e. The molecule has 0 spiro atoms. The van der Waals surface area contributed by atoms with E-state index >= 15 is 0 Å². The van der Waals surface area contributed by atoms with Gasteiger partial charge in [-0.15, -0.1) is 0 Å². The Hall–Kier alpha value is -1.39. The first kappa shape index (κ1) is 15.0. The van der Waals surface area contributed by atoms with E-state index in [0.717, 1.165) is 0 Å². The lowest BCUT2D eigenvalue weighted by atomic mass is 9.76. The first-order valence-electron chi connectivity index (χ1n) is 7.16. The Kier molecular flexibility index (Phi) is 4.16. The second kappa shape index (κ2) is 5.54. The van der Waals surface area contributed by atoms with Gasteiger partial charge in [-0.3, -0.25) is 10.2 Å². The van der Waals surface area contributed by atoms with Crippen LogP contribution in [-0.2, 0) is 10.2 Å². The molecule has 0 aromatic heterocycles. The van der Waals surface area contributed by atoms with E-state index in [2.05, 4.69) is 62.8 Å². The fourth-order valence-corrected chi connectivity index (χ4v) is 2.69. The number of hydrazine groups is 1. The summed E-state index contributed by atoms with van der Waals surface area (Å²) in [5.41, 5.74) is 8.43. The van der Waals surface area contributed by atoms with Crippen LogP contribution in [0.3, 0.4) is 0 Å². The van der Waals surface area contributed by atoms with Crippen LogP contribution in [0.4, 0.5) is 0 Å². The predicted octanol–water partition coefficient (Wildman–Crippen LogP) is 2.41. The summed E-state index contributed by atoms with van der Waals surface area (Å²) in [7, 11) is 0. The molecule has 2 rings (SSSR count). The van der Waals surface area contributed by atoms with Crippen LogP contribution < -0.4 is 10.9 Å². The van der Waals surface area contributed by atoms with E-state index in [1.807, 2.05) is 0 Å². The first-order chi connectivity index (χ1) is 9.32. The standard InChI is InChI=1S/C16H24N2O2/c1-10(2)11-5-7-12(8-6-11)16(3,4)14-9-13(15(19)20)17-18-14/h5-8,10,13-14,17-18H,9H2,1-4H3,(H,19,20). The number of carboxylic acid groups (broad SMARTS) is 1. The van der Waals surface area contributed by atoms with Crippen molar-refractivity contribution in [3.8, 4) is 0 Å². The average Bonchev–Trinajstić information content (AvgIpc) is 2.89. The van der Waals surface area contributed by atoms with Crippen LogP contribution in [0, 0.1) is 0 Å². The highest BCUT2D eigenvalue weighted by atomic mass is 16.4. The fraction of sp³-hybridized carbons (Fsp3) is 0.562. The molecule has 2 atom stereocenters. The summed E-state index contributed by atoms with van der Waals surface area (Å²) in [5, 5.41) is 9.06. The predicted molar refractivity (Wildman–Crippen MR) is 79.7 cm³/mol. The second-order valence-electron chi connectivity index (χ2n) is 6.47. The van der Waals surface area contributed by atoms with Gasteiger partial charge in [-0.05, 0) is 23.5 Å². The van der Waals surface area contributed by atoms with Gasteiger partial charge in [0.1, 0.15) is 6.04 Å². The van der Waals surface area contributed by atoms with Crippen molar-refractivity contribution in [1.82, 2.24) is 10.9 Å². The number of hydrogen-bond acceptors (Lipinski definition) is 3. The number of hydrogen-bond donors (Lipinski definition) is 3. The highest BCUT2D eigenvalue weighted by Crippen LogP contribution is 2.32. The normalized spacial score (nSPS) is 23.2. The topological polar surface area (TPSA) is 61.4 Å². The molecule has 0 bridgehead atoms. The number of benzene rings is 1. The maximum atomic E-state index is 11.0. The van der Waals surface area contributed by atoms with E-state index in [1.165, 1.54) is 11.1 Å². The number of carbonyl (C=O) groups is 1. The van der Waals surface area contributed by atoms with Gasteiger partial charge in [-0.25, -0.2) is 5.43 Å². The van der Waals surface area contributed by atoms with Gasteiger partial charge in [-0.1, -0.05) is 52.0 Å². The van der Waals surface area contributed by atoms with Crippen molar-refractivity contribution in [1.29, 1.82) is 0 Å². The molecular weight excluding hydrogens is 252 g/mol. The molecule has 1 fully saturated rings. The zero-order valence-electron chi connectivity index (χ0n) is 12.6. The van der Waals surface area contributed by atoms with Gasteiger partial charge in [0.2, 0.25) is 0 Å². The van der Waals surface area contributed by atoms with E-state index in [-0.39, 0.29) is 11.5 Å². The monoisotopic (exact) mass is 276 g/mol. The minimum absolute atomic E-state index is 0.105. The zero-order valence-corrected chi connectivity index (χ0v) is 12.6. The van der Waals surface area contributed by atoms with Gasteiger partial charge in [0.25, 0.3) is 0 Å². The molecule has 3 N–H and O–H groups in total. The van der Waals surface area contributed by atoms with Crippen LogP contribution >= 0.6 is 0 Å². The van der Waals surface area contributed by atoms with E-state index in [1.54, 1.807) is 0 Å². The molecule has 1 aromatic carbocycles. The summed E-state index contributed by atoms with van der Waals surface area (Å²) in [6.45, 7) is 8.67. The lowest BCUT2D eigenvalue weighted by Gasteiger charge is -2.32. The third kappa shape index (κ3) is 2.86. The summed E-state index contributed by atoms with van der Waals surface area (Å²) in [6.07, 6.45) is 0.592. The van der Waals surface area contributed by atoms with Crippen LogP contribution in [0.1, 0.15) is 51.2 Å². The van der Waals surface area contributed by atoms with E-state index < -0.39 is 12.0 Å². The average molecular weight is 276 g/mol. The van der Waals surface area contributed by atoms with Crippen LogP contribution in [-0.4, -0.2) is 23.2 Å². The lowest BCUT2D eigenvalue weighted by molar-refractivity contribution is -0.139. The van der Waals surface area contributed by atoms with Crippen molar-refractivity contribution in [3.63, 3.8) is 0 Å². The Balaban J connectivity index is 2.16. The smallest absolute Gasteiger partial charge is 0.322 e. The molecule has 110 valence electrons. The molecule has 0 radical (unpaired) electrons. The lowest BCUT2D eigenvalue weighted by Crippen LogP contribution is -2.44. The maximum Gasteiger partial charge on any atom is 0.322 e. The Morgan fingerprint density at radius 2 is 1.85 bits per heavy atom. The number of nitrogens with one attached hydrogen (secondary N) is 2. The fourth-order valence-electron chi connectivity index (χ4n) is 2.69. The Morgan fingerprint density at radius 1 is 1.25 bits per heavy atom. The van der Waals surface area contributed by atoms with Crippen molar-refractivity contribution >= 4 is 5.97 Å². The van der Waals surface area contributed by atoms with Gasteiger partial charge >= 0.3 is 5.97 Å². The minimum atomic E-state index is -0.800. The highest BCUT2D eigenvalue weighted by Gasteiger charge is 2.39. The van der Waals surface area contributed by atoms with Gasteiger partial charge in [-0.2, -0.15) is 0 Å². The molecular formula is C16H24N2O2. The van der Waals surface area contributed by atoms with Crippen molar-refractivity contribution in [2.24, 2.45) is 0 Å². The molecule has 20 heavy (non-hydrogen) atoms. The molecule has 1 aromatic rings. The van der Waals surface area contributed by atoms with Crippen LogP contribution in [0.5, 0.6) is 0 Å². The Morgan fingerprint density at radius 3 is 2.30 bits per heavy atom. The molecule has 1 aliphatic heterocycles. The molecule has 1 aliphatic rings. The summed E-state index contributed by atoms with van der Waals surface area (Å²) in [6, 6.07) is 8.25. The van der Waals surface area contributed by atoms with Crippen LogP contribution in [0.15, 0.2) is 24.3 Å². The summed E-state index contributed by atoms with van der Waals surface area (Å²) >= 11 is 0. The summed E-state index contributed by atoms with van der Waals surface area (Å²) in [5.74, 6) is -0.277. The van der Waals surface area contributed by atoms with Crippen LogP contribution in [0.2, 0.25) is 0 Å². The van der Waals surface area contributed by atoms with Crippen molar-refractivity contribution in [2.45, 2.75) is 57.5 Å². The Labute approximate surface area is 120 Å². The van der Waals surface area contributed by atoms with Gasteiger partial charge in [0.15, 0.2) is 0 Å². The molecule has 0 amide bonds. The minimum Gasteiger partial charge on any atom is -0.480 e. The third-order valence-corrected chi connectivity index (χ3v) is 4.39. The van der Waals surface area contributed by atoms with Gasteiger partial charge < -0.3 is 5.11 Å². The van der Waals surface area contributed by atoms with Crippen molar-refractivity contribution in [2.75, 3.05) is 0 Å². The number of carboxylic acids is 1. The van der Waals surface area contributed by atoms with Crippen LogP contribution in [0.25, 0.3) is 0 Å². The summed E-state index contributed by atoms with van der Waals surface area (Å²) in [4.78, 5) is 11.0. The van der Waals surface area contributed by atoms with E-state index in [0.29, 0.717) is 12.3 Å².